The molecule has 0 saturated heterocycles. The summed E-state index contributed by atoms with van der Waals surface area (Å²) in [6, 6.07) is 3.80. The molecule has 2 nitrogen and oxygen atoms in total. The van der Waals surface area contributed by atoms with Gasteiger partial charge in [0.15, 0.2) is 0 Å². The van der Waals surface area contributed by atoms with E-state index in [1.165, 1.54) is 0 Å². The van der Waals surface area contributed by atoms with Gasteiger partial charge >= 0.3 is 0 Å². The van der Waals surface area contributed by atoms with E-state index in [0.29, 0.717) is 5.56 Å². The molecule has 5 heteroatoms. The van der Waals surface area contributed by atoms with Gasteiger partial charge in [-0.05, 0) is 25.0 Å². The summed E-state index contributed by atoms with van der Waals surface area (Å²) in [5.41, 5.74) is 2.75. The minimum atomic E-state index is -3.49. The van der Waals surface area contributed by atoms with Gasteiger partial charge in [-0.15, -0.1) is 0 Å². The predicted molar refractivity (Wildman–Crippen MR) is 62.1 cm³/mol. The molecule has 0 fully saturated rings. The first kappa shape index (κ1) is 12.0. The highest BCUT2D eigenvalue weighted by atomic mass is 79.9. The molecule has 0 atom stereocenters. The summed E-state index contributed by atoms with van der Waals surface area (Å²) < 4.78 is 22.7. The van der Waals surface area contributed by atoms with Crippen LogP contribution in [-0.2, 0) is 14.8 Å². The van der Waals surface area contributed by atoms with Crippen molar-refractivity contribution in [1.82, 2.24) is 0 Å². The van der Waals surface area contributed by atoms with Crippen molar-refractivity contribution in [2.24, 2.45) is 0 Å². The molecule has 1 aromatic rings. The fourth-order valence-electron chi connectivity index (χ4n) is 1.33. The molecule has 1 aromatic carbocycles. The summed E-state index contributed by atoms with van der Waals surface area (Å²) in [5.74, 6) is -0.141. The van der Waals surface area contributed by atoms with Gasteiger partial charge in [0.25, 0.3) is 0 Å². The predicted octanol–water partition coefficient (Wildman–Crippen LogP) is 3.13. The molecular formula is C9H10BrClO2S. The molecule has 1 rings (SSSR count). The Bertz CT molecular complexity index is 454. The van der Waals surface area contributed by atoms with Crippen LogP contribution in [0.5, 0.6) is 0 Å². The highest BCUT2D eigenvalue weighted by Crippen LogP contribution is 2.25. The molecule has 0 N–H and O–H groups in total. The quantitative estimate of drug-likeness (QED) is 0.786. The molecule has 0 bridgehead atoms. The van der Waals surface area contributed by atoms with E-state index in [2.05, 4.69) is 15.9 Å². The van der Waals surface area contributed by atoms with Gasteiger partial charge in [0.2, 0.25) is 9.05 Å². The average Bonchev–Trinajstić information content (AvgIpc) is 1.96. The van der Waals surface area contributed by atoms with Crippen LogP contribution >= 0.6 is 26.6 Å². The van der Waals surface area contributed by atoms with E-state index in [1.807, 2.05) is 26.0 Å². The maximum Gasteiger partial charge on any atom is 0.236 e. The van der Waals surface area contributed by atoms with Crippen LogP contribution in [0.15, 0.2) is 16.6 Å². The molecule has 0 unspecified atom stereocenters. The molecular weight excluding hydrogens is 288 g/mol. The Labute approximate surface area is 96.8 Å². The van der Waals surface area contributed by atoms with Crippen molar-refractivity contribution in [2.45, 2.75) is 19.6 Å². The smallest absolute Gasteiger partial charge is 0.212 e. The largest absolute Gasteiger partial charge is 0.236 e. The van der Waals surface area contributed by atoms with Gasteiger partial charge in [0.1, 0.15) is 0 Å². The van der Waals surface area contributed by atoms with Crippen molar-refractivity contribution >= 4 is 35.7 Å². The maximum absolute atomic E-state index is 10.9. The SMILES string of the molecule is Cc1cc(C)c(Br)c(CS(=O)(=O)Cl)c1. The van der Waals surface area contributed by atoms with Gasteiger partial charge < -0.3 is 0 Å². The van der Waals surface area contributed by atoms with E-state index < -0.39 is 9.05 Å². The van der Waals surface area contributed by atoms with E-state index in [4.69, 9.17) is 10.7 Å². The number of benzene rings is 1. The second-order valence-electron chi connectivity index (χ2n) is 3.24. The van der Waals surface area contributed by atoms with Crippen LogP contribution in [-0.4, -0.2) is 8.42 Å². The third kappa shape index (κ3) is 3.26. The van der Waals surface area contributed by atoms with E-state index in [-0.39, 0.29) is 5.75 Å². The van der Waals surface area contributed by atoms with Crippen molar-refractivity contribution < 1.29 is 8.42 Å². The first-order chi connectivity index (χ1) is 6.29. The fourth-order valence-corrected chi connectivity index (χ4v) is 2.84. The topological polar surface area (TPSA) is 34.1 Å². The highest BCUT2D eigenvalue weighted by molar-refractivity contribution is 9.10. The molecule has 0 aliphatic heterocycles. The summed E-state index contributed by atoms with van der Waals surface area (Å²) in [4.78, 5) is 0. The third-order valence-corrected chi connectivity index (χ3v) is 3.92. The zero-order chi connectivity index (χ0) is 10.9. The maximum atomic E-state index is 10.9. The number of rotatable bonds is 2. The van der Waals surface area contributed by atoms with Gasteiger partial charge in [-0.2, -0.15) is 0 Å². The average molecular weight is 298 g/mol. The first-order valence-electron chi connectivity index (χ1n) is 3.97. The second-order valence-corrected chi connectivity index (χ2v) is 6.81. The number of hydrogen-bond acceptors (Lipinski definition) is 2. The third-order valence-electron chi connectivity index (χ3n) is 1.80. The molecule has 0 aromatic heterocycles. The van der Waals surface area contributed by atoms with Crippen molar-refractivity contribution in [1.29, 1.82) is 0 Å². The Morgan fingerprint density at radius 2 is 1.93 bits per heavy atom. The van der Waals surface area contributed by atoms with E-state index in [1.54, 1.807) is 0 Å². The van der Waals surface area contributed by atoms with Gasteiger partial charge in [0, 0.05) is 15.2 Å². The Kier molecular flexibility index (Phi) is 3.61. The van der Waals surface area contributed by atoms with Crippen LogP contribution in [0, 0.1) is 13.8 Å². The number of aryl methyl sites for hydroxylation is 2. The molecule has 0 aliphatic carbocycles. The van der Waals surface area contributed by atoms with Crippen LogP contribution in [0.4, 0.5) is 0 Å². The normalized spacial score (nSPS) is 11.7. The minimum Gasteiger partial charge on any atom is -0.212 e. The molecule has 14 heavy (non-hydrogen) atoms. The fraction of sp³-hybridized carbons (Fsp3) is 0.333. The Hall–Kier alpha value is -0.0600. The monoisotopic (exact) mass is 296 g/mol. The standard InChI is InChI=1S/C9H10BrClO2S/c1-6-3-7(2)9(10)8(4-6)5-14(11,12)13/h3-4H,5H2,1-2H3. The van der Waals surface area contributed by atoms with Crippen molar-refractivity contribution in [3.8, 4) is 0 Å². The molecule has 0 spiro atoms. The van der Waals surface area contributed by atoms with Crippen molar-refractivity contribution in [3.05, 3.63) is 33.3 Å². The number of halogens is 2. The lowest BCUT2D eigenvalue weighted by atomic mass is 10.1. The van der Waals surface area contributed by atoms with Gasteiger partial charge in [-0.3, -0.25) is 0 Å². The Balaban J connectivity index is 3.22. The molecule has 0 radical (unpaired) electrons. The summed E-state index contributed by atoms with van der Waals surface area (Å²) in [7, 11) is 1.70. The summed E-state index contributed by atoms with van der Waals surface area (Å²) in [6.07, 6.45) is 0. The highest BCUT2D eigenvalue weighted by Gasteiger charge is 2.11. The van der Waals surface area contributed by atoms with Crippen LogP contribution in [0.25, 0.3) is 0 Å². The van der Waals surface area contributed by atoms with Gasteiger partial charge in [-0.25, -0.2) is 8.42 Å². The Morgan fingerprint density at radius 3 is 2.43 bits per heavy atom. The Morgan fingerprint density at radius 1 is 1.36 bits per heavy atom. The van der Waals surface area contributed by atoms with Gasteiger partial charge in [0.05, 0.1) is 5.75 Å². The summed E-state index contributed by atoms with van der Waals surface area (Å²) in [5, 5.41) is 0. The molecule has 0 amide bonds. The molecule has 0 saturated carbocycles. The van der Waals surface area contributed by atoms with Crippen molar-refractivity contribution in [2.75, 3.05) is 0 Å². The first-order valence-corrected chi connectivity index (χ1v) is 7.24. The lowest BCUT2D eigenvalue weighted by Gasteiger charge is -2.07. The van der Waals surface area contributed by atoms with E-state index in [0.717, 1.165) is 15.6 Å². The van der Waals surface area contributed by atoms with Gasteiger partial charge in [-0.1, -0.05) is 33.6 Å². The zero-order valence-corrected chi connectivity index (χ0v) is 11.0. The van der Waals surface area contributed by atoms with Crippen LogP contribution < -0.4 is 0 Å². The van der Waals surface area contributed by atoms with E-state index in [9.17, 15) is 8.42 Å². The molecule has 0 heterocycles. The van der Waals surface area contributed by atoms with Crippen LogP contribution in [0.2, 0.25) is 0 Å². The van der Waals surface area contributed by atoms with Crippen LogP contribution in [0.3, 0.4) is 0 Å². The summed E-state index contributed by atoms with van der Waals surface area (Å²) >= 11 is 3.34. The van der Waals surface area contributed by atoms with Crippen molar-refractivity contribution in [3.63, 3.8) is 0 Å². The second kappa shape index (κ2) is 4.21. The lowest BCUT2D eigenvalue weighted by molar-refractivity contribution is 0.609. The zero-order valence-electron chi connectivity index (χ0n) is 7.84. The minimum absolute atomic E-state index is 0.141. The van der Waals surface area contributed by atoms with Crippen LogP contribution in [0.1, 0.15) is 16.7 Å². The van der Waals surface area contributed by atoms with E-state index >= 15 is 0 Å². The number of hydrogen-bond donors (Lipinski definition) is 0. The summed E-state index contributed by atoms with van der Waals surface area (Å²) in [6.45, 7) is 3.84. The molecule has 0 aliphatic rings. The molecule has 78 valence electrons. The lowest BCUT2D eigenvalue weighted by Crippen LogP contribution is -1.98.